The molecule has 2 aromatic heterocycles. The first-order valence-electron chi connectivity index (χ1n) is 12.9. The Morgan fingerprint density at radius 1 is 0.925 bits per heavy atom. The summed E-state index contributed by atoms with van der Waals surface area (Å²) in [7, 11) is 0. The number of fused-ring (bicyclic) bond motifs is 1. The van der Waals surface area contributed by atoms with Gasteiger partial charge in [0, 0.05) is 36.8 Å². The minimum Gasteiger partial charge on any atom is -0.489 e. The van der Waals surface area contributed by atoms with Crippen LogP contribution < -0.4 is 19.9 Å². The summed E-state index contributed by atoms with van der Waals surface area (Å²) in [6.45, 7) is 8.60. The van der Waals surface area contributed by atoms with Crippen LogP contribution in [0.4, 0.5) is 0 Å². The molecule has 0 spiro atoms. The summed E-state index contributed by atoms with van der Waals surface area (Å²) in [5, 5.41) is 2.00. The normalized spacial score (nSPS) is 13.3. The minimum atomic E-state index is -0.432. The summed E-state index contributed by atoms with van der Waals surface area (Å²) in [4.78, 5) is 32.9. The predicted molar refractivity (Wildman–Crippen MR) is 154 cm³/mol. The topological polar surface area (TPSA) is 76.9 Å². The van der Waals surface area contributed by atoms with E-state index >= 15 is 0 Å². The van der Waals surface area contributed by atoms with E-state index in [0.29, 0.717) is 12.4 Å². The Bertz CT molecular complexity index is 1550. The smallest absolute Gasteiger partial charge is 0.278 e. The average molecular weight is 535 g/mol. The van der Waals surface area contributed by atoms with Crippen LogP contribution in [0.2, 0.25) is 0 Å². The third kappa shape index (κ3) is 5.37. The molecule has 1 aliphatic rings. The van der Waals surface area contributed by atoms with E-state index in [4.69, 9.17) is 9.47 Å². The molecule has 3 heterocycles. The van der Waals surface area contributed by atoms with E-state index in [9.17, 15) is 9.59 Å². The van der Waals surface area contributed by atoms with Crippen LogP contribution in [0, 0.1) is 0 Å². The first-order chi connectivity index (χ1) is 19.6. The van der Waals surface area contributed by atoms with Gasteiger partial charge in [-0.25, -0.2) is 0 Å². The molecule has 1 aliphatic heterocycles. The molecule has 1 unspecified atom stereocenters. The van der Waals surface area contributed by atoms with Crippen LogP contribution in [-0.4, -0.2) is 40.3 Å². The first kappa shape index (κ1) is 26.5. The number of carbonyl (C=O) groups excluding carboxylic acids is 1. The van der Waals surface area contributed by atoms with E-state index in [-0.39, 0.29) is 42.6 Å². The number of ether oxygens (including phenoxy) is 2. The summed E-state index contributed by atoms with van der Waals surface area (Å²) in [5.74, 6) is 0.348. The van der Waals surface area contributed by atoms with Gasteiger partial charge in [-0.3, -0.25) is 24.3 Å². The second-order valence-corrected chi connectivity index (χ2v) is 9.20. The van der Waals surface area contributed by atoms with Crippen LogP contribution in [0.15, 0.2) is 121 Å². The van der Waals surface area contributed by atoms with E-state index in [2.05, 4.69) is 18.1 Å². The summed E-state index contributed by atoms with van der Waals surface area (Å²) in [6.07, 6.45) is 8.48. The number of nitrogens with zero attached hydrogens (tertiary/aromatic N) is 4. The van der Waals surface area contributed by atoms with Crippen LogP contribution >= 0.6 is 0 Å². The fraction of sp³-hybridized carbons (Fsp3) is 0.156. The number of rotatable bonds is 11. The van der Waals surface area contributed by atoms with Gasteiger partial charge in [0.25, 0.3) is 5.91 Å². The molecule has 4 aromatic rings. The zero-order chi connectivity index (χ0) is 27.9. The maximum absolute atomic E-state index is 13.8. The van der Waals surface area contributed by atoms with E-state index in [1.165, 1.54) is 6.07 Å². The highest BCUT2D eigenvalue weighted by molar-refractivity contribution is 5.96. The van der Waals surface area contributed by atoms with Gasteiger partial charge in [-0.15, -0.1) is 6.58 Å². The standard InChI is InChI=1S/C32H30N4O4/c1-3-18-34-23-36(29(25-13-10-17-33-21-25)26-14-8-9-15-28(26)39-20-4-2)35-19-16-27(37)31(30(35)32(34)38)40-22-24-11-6-5-7-12-24/h3-17,19,21,29H,1-2,18,20,22-23H2. The molecule has 2 aromatic carbocycles. The van der Waals surface area contributed by atoms with Gasteiger partial charge >= 0.3 is 0 Å². The Kier molecular flexibility index (Phi) is 8.06. The summed E-state index contributed by atoms with van der Waals surface area (Å²) in [5.41, 5.74) is 2.40. The molecular formula is C32H30N4O4. The third-order valence-corrected chi connectivity index (χ3v) is 6.56. The van der Waals surface area contributed by atoms with Gasteiger partial charge in [-0.1, -0.05) is 73.3 Å². The molecule has 0 bridgehead atoms. The maximum Gasteiger partial charge on any atom is 0.278 e. The number of para-hydroxylation sites is 1. The van der Waals surface area contributed by atoms with Gasteiger partial charge in [0.2, 0.25) is 5.43 Å². The monoisotopic (exact) mass is 534 g/mol. The average Bonchev–Trinajstić information content (AvgIpc) is 2.99. The summed E-state index contributed by atoms with van der Waals surface area (Å²) in [6, 6.07) is 22.1. The predicted octanol–water partition coefficient (Wildman–Crippen LogP) is 4.71. The van der Waals surface area contributed by atoms with Crippen LogP contribution in [0.1, 0.15) is 33.2 Å². The zero-order valence-corrected chi connectivity index (χ0v) is 22.1. The lowest BCUT2D eigenvalue weighted by Gasteiger charge is -2.44. The van der Waals surface area contributed by atoms with Crippen molar-refractivity contribution in [1.82, 2.24) is 14.6 Å². The molecule has 0 N–H and O–H groups in total. The van der Waals surface area contributed by atoms with Crippen molar-refractivity contribution in [2.45, 2.75) is 12.6 Å². The van der Waals surface area contributed by atoms with E-state index in [1.54, 1.807) is 40.3 Å². The highest BCUT2D eigenvalue weighted by Crippen LogP contribution is 2.36. The lowest BCUT2D eigenvalue weighted by atomic mass is 9.98. The highest BCUT2D eigenvalue weighted by Gasteiger charge is 2.37. The SMILES string of the molecule is C=CCOc1ccccc1C(c1cccnc1)N1CN(CC=C)C(=O)c2c(OCc3ccccc3)c(=O)ccn21. The molecule has 0 saturated carbocycles. The van der Waals surface area contributed by atoms with Gasteiger partial charge in [0.15, 0.2) is 11.4 Å². The molecule has 1 amide bonds. The second kappa shape index (κ2) is 12.2. The van der Waals surface area contributed by atoms with Gasteiger partial charge in [-0.2, -0.15) is 0 Å². The Morgan fingerprint density at radius 2 is 1.73 bits per heavy atom. The number of aromatic nitrogens is 2. The van der Waals surface area contributed by atoms with Crippen molar-refractivity contribution in [2.24, 2.45) is 0 Å². The number of carbonyl (C=O) groups is 1. The summed E-state index contributed by atoms with van der Waals surface area (Å²) < 4.78 is 13.8. The molecule has 0 fully saturated rings. The lowest BCUT2D eigenvalue weighted by molar-refractivity contribution is 0.0698. The summed E-state index contributed by atoms with van der Waals surface area (Å²) >= 11 is 0. The quantitative estimate of drug-likeness (QED) is 0.259. The molecule has 5 rings (SSSR count). The van der Waals surface area contributed by atoms with E-state index in [1.807, 2.05) is 71.7 Å². The number of hydrogen-bond donors (Lipinski definition) is 0. The van der Waals surface area contributed by atoms with Crippen molar-refractivity contribution in [3.63, 3.8) is 0 Å². The maximum atomic E-state index is 13.8. The Hall–Kier alpha value is -5.11. The minimum absolute atomic E-state index is 0.00348. The first-order valence-corrected chi connectivity index (χ1v) is 12.9. The Labute approximate surface area is 233 Å². The lowest BCUT2D eigenvalue weighted by Crippen LogP contribution is -2.55. The fourth-order valence-corrected chi connectivity index (χ4v) is 4.78. The van der Waals surface area contributed by atoms with Crippen LogP contribution in [0.25, 0.3) is 0 Å². The third-order valence-electron chi connectivity index (χ3n) is 6.56. The van der Waals surface area contributed by atoms with Crippen molar-refractivity contribution in [3.8, 4) is 11.5 Å². The molecule has 0 aliphatic carbocycles. The number of hydrogen-bond acceptors (Lipinski definition) is 6. The van der Waals surface area contributed by atoms with E-state index < -0.39 is 6.04 Å². The van der Waals surface area contributed by atoms with Crippen molar-refractivity contribution >= 4 is 5.91 Å². The molecular weight excluding hydrogens is 504 g/mol. The molecule has 1 atom stereocenters. The largest absolute Gasteiger partial charge is 0.489 e. The van der Waals surface area contributed by atoms with Crippen molar-refractivity contribution < 1.29 is 14.3 Å². The fourth-order valence-electron chi connectivity index (χ4n) is 4.78. The highest BCUT2D eigenvalue weighted by atomic mass is 16.5. The van der Waals surface area contributed by atoms with Crippen molar-refractivity contribution in [2.75, 3.05) is 24.8 Å². The van der Waals surface area contributed by atoms with Crippen LogP contribution in [0.5, 0.6) is 11.5 Å². The molecule has 202 valence electrons. The van der Waals surface area contributed by atoms with Crippen LogP contribution in [0.3, 0.4) is 0 Å². The number of benzene rings is 2. The van der Waals surface area contributed by atoms with Gasteiger partial charge in [-0.05, 0) is 23.3 Å². The van der Waals surface area contributed by atoms with Crippen LogP contribution in [-0.2, 0) is 6.61 Å². The molecule has 0 saturated heterocycles. The number of amides is 1. The number of pyridine rings is 2. The molecule has 0 radical (unpaired) electrons. The van der Waals surface area contributed by atoms with Gasteiger partial charge < -0.3 is 14.4 Å². The zero-order valence-electron chi connectivity index (χ0n) is 22.1. The second-order valence-electron chi connectivity index (χ2n) is 9.20. The van der Waals surface area contributed by atoms with Crippen molar-refractivity contribution in [3.05, 3.63) is 149 Å². The molecule has 8 nitrogen and oxygen atoms in total. The van der Waals surface area contributed by atoms with Gasteiger partial charge in [0.1, 0.15) is 31.7 Å². The molecule has 8 heteroatoms. The van der Waals surface area contributed by atoms with Crippen molar-refractivity contribution in [1.29, 1.82) is 0 Å². The van der Waals surface area contributed by atoms with E-state index in [0.717, 1.165) is 16.7 Å². The van der Waals surface area contributed by atoms with Gasteiger partial charge in [0.05, 0.1) is 0 Å². The Balaban J connectivity index is 1.68. The molecule has 40 heavy (non-hydrogen) atoms. The Morgan fingerprint density at radius 3 is 2.48 bits per heavy atom.